The van der Waals surface area contributed by atoms with Crippen LogP contribution in [0.1, 0.15) is 258 Å². The third kappa shape index (κ3) is 46.4. The number of ether oxygens (including phenoxy) is 3. The number of hydrogen-bond donors (Lipinski definition) is 0. The smallest absolute Gasteiger partial charge is 0.306 e. The fourth-order valence-corrected chi connectivity index (χ4v) is 7.11. The first-order valence-corrected chi connectivity index (χ1v) is 25.6. The molecule has 348 valence electrons. The molecule has 0 aliphatic rings. The molecule has 0 aliphatic carbocycles. The number of rotatable bonds is 46. The summed E-state index contributed by atoms with van der Waals surface area (Å²) >= 11 is 0. The van der Waals surface area contributed by atoms with E-state index in [1.54, 1.807) is 0 Å². The third-order valence-corrected chi connectivity index (χ3v) is 11.0. The van der Waals surface area contributed by atoms with Crippen LogP contribution in [0.2, 0.25) is 0 Å². The summed E-state index contributed by atoms with van der Waals surface area (Å²) in [6.07, 6.45) is 58.0. The van der Waals surface area contributed by atoms with Crippen LogP contribution in [0.15, 0.2) is 48.6 Å². The van der Waals surface area contributed by atoms with Crippen molar-refractivity contribution >= 4 is 17.9 Å². The van der Waals surface area contributed by atoms with Gasteiger partial charge in [-0.05, 0) is 103 Å². The summed E-state index contributed by atoms with van der Waals surface area (Å²) in [6.45, 7) is 6.56. The fraction of sp³-hybridized carbons (Fsp3) is 0.796. The second-order valence-electron chi connectivity index (χ2n) is 17.1. The molecule has 0 aromatic heterocycles. The predicted octanol–water partition coefficient (Wildman–Crippen LogP) is 16.7. The van der Waals surface area contributed by atoms with Gasteiger partial charge in [-0.15, -0.1) is 0 Å². The van der Waals surface area contributed by atoms with E-state index in [0.29, 0.717) is 19.3 Å². The van der Waals surface area contributed by atoms with Crippen molar-refractivity contribution in [1.82, 2.24) is 0 Å². The Hall–Kier alpha value is -2.63. The summed E-state index contributed by atoms with van der Waals surface area (Å²) in [5.74, 6) is -0.903. The predicted molar refractivity (Wildman–Crippen MR) is 256 cm³/mol. The number of carbonyl (C=O) groups is 3. The van der Waals surface area contributed by atoms with E-state index in [4.69, 9.17) is 14.2 Å². The third-order valence-electron chi connectivity index (χ3n) is 11.0. The molecule has 60 heavy (non-hydrogen) atoms. The number of allylic oxidation sites excluding steroid dienone is 8. The first-order chi connectivity index (χ1) is 29.5. The molecule has 0 amide bonds. The summed E-state index contributed by atoms with van der Waals surface area (Å²) in [5.41, 5.74) is 0. The monoisotopic (exact) mass is 841 g/mol. The Labute approximate surface area is 371 Å². The normalized spacial score (nSPS) is 12.4. The molecule has 0 fully saturated rings. The van der Waals surface area contributed by atoms with E-state index in [1.807, 2.05) is 0 Å². The molecule has 1 unspecified atom stereocenters. The largest absolute Gasteiger partial charge is 0.462 e. The molecule has 1 atom stereocenters. The van der Waals surface area contributed by atoms with Crippen molar-refractivity contribution < 1.29 is 28.6 Å². The van der Waals surface area contributed by atoms with Crippen molar-refractivity contribution in [3.63, 3.8) is 0 Å². The molecule has 0 aromatic carbocycles. The summed E-state index contributed by atoms with van der Waals surface area (Å²) in [5, 5.41) is 0. The summed E-state index contributed by atoms with van der Waals surface area (Å²) in [6, 6.07) is 0. The lowest BCUT2D eigenvalue weighted by Gasteiger charge is -2.18. The van der Waals surface area contributed by atoms with Gasteiger partial charge in [-0.25, -0.2) is 0 Å². The highest BCUT2D eigenvalue weighted by atomic mass is 16.6. The van der Waals surface area contributed by atoms with Crippen LogP contribution < -0.4 is 0 Å². The number of esters is 3. The molecule has 0 bridgehead atoms. The molecule has 6 nitrogen and oxygen atoms in total. The van der Waals surface area contributed by atoms with Gasteiger partial charge in [-0.3, -0.25) is 14.4 Å². The average molecular weight is 841 g/mol. The zero-order valence-corrected chi connectivity index (χ0v) is 39.7. The van der Waals surface area contributed by atoms with Crippen LogP contribution in [0.4, 0.5) is 0 Å². The Morgan fingerprint density at radius 1 is 0.333 bits per heavy atom. The number of hydrogen-bond acceptors (Lipinski definition) is 6. The van der Waals surface area contributed by atoms with Crippen molar-refractivity contribution in [2.75, 3.05) is 13.2 Å². The van der Waals surface area contributed by atoms with E-state index in [9.17, 15) is 14.4 Å². The van der Waals surface area contributed by atoms with Gasteiger partial charge in [0.2, 0.25) is 0 Å². The van der Waals surface area contributed by atoms with Crippen LogP contribution in [0.3, 0.4) is 0 Å². The number of unbranched alkanes of at least 4 members (excludes halogenated alkanes) is 27. The molecular weight excluding hydrogens is 745 g/mol. The highest BCUT2D eigenvalue weighted by Crippen LogP contribution is 2.14. The van der Waals surface area contributed by atoms with Gasteiger partial charge in [-0.2, -0.15) is 0 Å². The maximum atomic E-state index is 12.8. The summed E-state index contributed by atoms with van der Waals surface area (Å²) in [4.78, 5) is 37.9. The van der Waals surface area contributed by atoms with Crippen molar-refractivity contribution in [1.29, 1.82) is 0 Å². The molecule has 0 N–H and O–H groups in total. The van der Waals surface area contributed by atoms with Crippen molar-refractivity contribution in [3.05, 3.63) is 48.6 Å². The standard InChI is InChI=1S/C54H96O6/c1-4-7-10-13-16-19-22-25-26-27-28-30-32-35-38-41-44-47-53(56)59-50-51(49-58-52(55)46-43-40-37-34-31-24-21-18-15-12-9-6-3)60-54(57)48-45-42-39-36-33-29-23-20-17-14-11-8-5-2/h16,18-21,23,25-26,51H,4-15,17,22,24,27-50H2,1-3H3/b19-16-,21-18-,23-20-,26-25-. The molecule has 0 rings (SSSR count). The lowest BCUT2D eigenvalue weighted by Crippen LogP contribution is -2.30. The van der Waals surface area contributed by atoms with Crippen LogP contribution in [-0.2, 0) is 28.6 Å². The quantitative estimate of drug-likeness (QED) is 0.0263. The Kier molecular flexibility index (Phi) is 46.9. The van der Waals surface area contributed by atoms with Gasteiger partial charge in [0.1, 0.15) is 13.2 Å². The molecule has 0 aliphatic heterocycles. The Balaban J connectivity index is 4.38. The maximum Gasteiger partial charge on any atom is 0.306 e. The van der Waals surface area contributed by atoms with Crippen LogP contribution >= 0.6 is 0 Å². The van der Waals surface area contributed by atoms with E-state index >= 15 is 0 Å². The minimum Gasteiger partial charge on any atom is -0.462 e. The zero-order valence-electron chi connectivity index (χ0n) is 39.7. The van der Waals surface area contributed by atoms with Gasteiger partial charge in [0.05, 0.1) is 0 Å². The van der Waals surface area contributed by atoms with E-state index in [2.05, 4.69) is 69.4 Å². The van der Waals surface area contributed by atoms with Crippen LogP contribution in [0.5, 0.6) is 0 Å². The molecule has 6 heteroatoms. The topological polar surface area (TPSA) is 78.9 Å². The number of carbonyl (C=O) groups excluding carboxylic acids is 3. The molecular formula is C54H96O6. The average Bonchev–Trinajstić information content (AvgIpc) is 3.24. The lowest BCUT2D eigenvalue weighted by molar-refractivity contribution is -0.167. The van der Waals surface area contributed by atoms with Crippen molar-refractivity contribution in [2.24, 2.45) is 0 Å². The maximum absolute atomic E-state index is 12.8. The zero-order chi connectivity index (χ0) is 43.7. The van der Waals surface area contributed by atoms with Gasteiger partial charge < -0.3 is 14.2 Å². The van der Waals surface area contributed by atoms with E-state index in [-0.39, 0.29) is 31.1 Å². The molecule has 0 heterocycles. The molecule has 0 spiro atoms. The van der Waals surface area contributed by atoms with Gasteiger partial charge in [0, 0.05) is 19.3 Å². The fourth-order valence-electron chi connectivity index (χ4n) is 7.11. The Morgan fingerprint density at radius 3 is 0.967 bits per heavy atom. The molecule has 0 radical (unpaired) electrons. The van der Waals surface area contributed by atoms with Crippen molar-refractivity contribution in [2.45, 2.75) is 264 Å². The Bertz CT molecular complexity index is 1060. The first-order valence-electron chi connectivity index (χ1n) is 25.6. The van der Waals surface area contributed by atoms with Crippen LogP contribution in [0.25, 0.3) is 0 Å². The summed E-state index contributed by atoms with van der Waals surface area (Å²) in [7, 11) is 0. The molecule has 0 saturated carbocycles. The van der Waals surface area contributed by atoms with E-state index in [0.717, 1.165) is 89.9 Å². The molecule has 0 aromatic rings. The Morgan fingerprint density at radius 2 is 0.600 bits per heavy atom. The molecule has 0 saturated heterocycles. The summed E-state index contributed by atoms with van der Waals surface area (Å²) < 4.78 is 16.8. The SMILES string of the molecule is CCCCC/C=C\C/C=C\CCCCCCCCCC(=O)OCC(COC(=O)CCCCCCC/C=C\CCCCC)OC(=O)CCCCCCC/C=C\CCCCCC. The van der Waals surface area contributed by atoms with Gasteiger partial charge >= 0.3 is 17.9 Å². The van der Waals surface area contributed by atoms with Gasteiger partial charge in [0.25, 0.3) is 0 Å². The van der Waals surface area contributed by atoms with Crippen LogP contribution in [-0.4, -0.2) is 37.2 Å². The van der Waals surface area contributed by atoms with Gasteiger partial charge in [-0.1, -0.05) is 185 Å². The van der Waals surface area contributed by atoms with E-state index in [1.165, 1.54) is 128 Å². The lowest BCUT2D eigenvalue weighted by atomic mass is 10.1. The van der Waals surface area contributed by atoms with Crippen LogP contribution in [0, 0.1) is 0 Å². The highest BCUT2D eigenvalue weighted by molar-refractivity contribution is 5.71. The first kappa shape index (κ1) is 57.4. The second kappa shape index (κ2) is 49.0. The van der Waals surface area contributed by atoms with Gasteiger partial charge in [0.15, 0.2) is 6.10 Å². The minimum atomic E-state index is -0.781. The van der Waals surface area contributed by atoms with Crippen molar-refractivity contribution in [3.8, 4) is 0 Å². The minimum absolute atomic E-state index is 0.0826. The van der Waals surface area contributed by atoms with E-state index < -0.39 is 6.10 Å². The second-order valence-corrected chi connectivity index (χ2v) is 17.1. The highest BCUT2D eigenvalue weighted by Gasteiger charge is 2.19.